The van der Waals surface area contributed by atoms with Crippen LogP contribution < -0.4 is 5.32 Å². The minimum atomic E-state index is 0.513. The third-order valence-electron chi connectivity index (χ3n) is 2.30. The van der Waals surface area contributed by atoms with Gasteiger partial charge >= 0.3 is 0 Å². The van der Waals surface area contributed by atoms with Crippen LogP contribution in [0.15, 0.2) is 12.4 Å². The molecule has 3 nitrogen and oxygen atoms in total. The monoisotopic (exact) mass is 197 g/mol. The van der Waals surface area contributed by atoms with Gasteiger partial charge in [-0.1, -0.05) is 0 Å². The molecule has 0 saturated carbocycles. The van der Waals surface area contributed by atoms with Crippen molar-refractivity contribution in [3.63, 3.8) is 0 Å². The highest BCUT2D eigenvalue weighted by molar-refractivity contribution is 7.99. The molecule has 1 aromatic heterocycles. The van der Waals surface area contributed by atoms with Crippen molar-refractivity contribution in [2.45, 2.75) is 19.5 Å². The molecular formula is C9H15N3S. The Kier molecular flexibility index (Phi) is 2.90. The molecule has 0 spiro atoms. The van der Waals surface area contributed by atoms with E-state index >= 15 is 0 Å². The molecule has 1 aliphatic heterocycles. The molecule has 0 amide bonds. The average molecular weight is 197 g/mol. The fourth-order valence-corrected chi connectivity index (χ4v) is 2.49. The van der Waals surface area contributed by atoms with Crippen LogP contribution in [0.5, 0.6) is 0 Å². The summed E-state index contributed by atoms with van der Waals surface area (Å²) in [5.41, 5.74) is 1.33. The van der Waals surface area contributed by atoms with E-state index in [9.17, 15) is 0 Å². The predicted octanol–water partition coefficient (Wildman–Crippen LogP) is 1.28. The molecule has 1 fully saturated rings. The van der Waals surface area contributed by atoms with E-state index in [1.807, 2.05) is 22.6 Å². The molecule has 72 valence electrons. The lowest BCUT2D eigenvalue weighted by Crippen LogP contribution is -2.29. The van der Waals surface area contributed by atoms with Crippen molar-refractivity contribution in [2.75, 3.05) is 18.1 Å². The van der Waals surface area contributed by atoms with Crippen molar-refractivity contribution >= 4 is 11.8 Å². The molecule has 1 atom stereocenters. The van der Waals surface area contributed by atoms with Crippen molar-refractivity contribution < 1.29 is 0 Å². The summed E-state index contributed by atoms with van der Waals surface area (Å²) < 4.78 is 1.98. The van der Waals surface area contributed by atoms with Gasteiger partial charge in [0.15, 0.2) is 0 Å². The molecule has 13 heavy (non-hydrogen) atoms. The van der Waals surface area contributed by atoms with Gasteiger partial charge < -0.3 is 5.32 Å². The standard InChI is InChI=1S/C9H15N3S/c1-2-12-6-8(5-11-12)9-7-13-4-3-10-9/h5-6,9-10H,2-4,7H2,1H3. The van der Waals surface area contributed by atoms with Crippen molar-refractivity contribution in [1.82, 2.24) is 15.1 Å². The van der Waals surface area contributed by atoms with Gasteiger partial charge in [0.1, 0.15) is 0 Å². The van der Waals surface area contributed by atoms with Gasteiger partial charge in [0.05, 0.1) is 6.20 Å². The van der Waals surface area contributed by atoms with Gasteiger partial charge in [0.25, 0.3) is 0 Å². The van der Waals surface area contributed by atoms with Crippen LogP contribution in [0.4, 0.5) is 0 Å². The Morgan fingerprint density at radius 1 is 1.77 bits per heavy atom. The second kappa shape index (κ2) is 4.15. The van der Waals surface area contributed by atoms with Gasteiger partial charge in [-0.05, 0) is 6.92 Å². The van der Waals surface area contributed by atoms with Crippen LogP contribution in [0.2, 0.25) is 0 Å². The molecule has 1 aliphatic rings. The topological polar surface area (TPSA) is 29.9 Å². The number of thioether (sulfide) groups is 1. The summed E-state index contributed by atoms with van der Waals surface area (Å²) in [5, 5.41) is 7.78. The SMILES string of the molecule is CCn1cc(C2CSCCN2)cn1. The Labute approximate surface area is 82.9 Å². The maximum atomic E-state index is 4.28. The molecule has 1 aromatic rings. The van der Waals surface area contributed by atoms with Gasteiger partial charge in [-0.15, -0.1) is 0 Å². The van der Waals surface area contributed by atoms with Gasteiger partial charge in [-0.25, -0.2) is 0 Å². The first-order valence-electron chi connectivity index (χ1n) is 4.73. The predicted molar refractivity (Wildman–Crippen MR) is 56.0 cm³/mol. The van der Waals surface area contributed by atoms with Crippen molar-refractivity contribution in [1.29, 1.82) is 0 Å². The quantitative estimate of drug-likeness (QED) is 0.774. The van der Waals surface area contributed by atoms with Crippen LogP contribution in [0.1, 0.15) is 18.5 Å². The fourth-order valence-electron chi connectivity index (χ4n) is 1.51. The summed E-state index contributed by atoms with van der Waals surface area (Å²) in [7, 11) is 0. The molecule has 0 radical (unpaired) electrons. The zero-order chi connectivity index (χ0) is 9.10. The van der Waals surface area contributed by atoms with E-state index in [2.05, 4.69) is 23.5 Å². The maximum absolute atomic E-state index is 4.28. The second-order valence-electron chi connectivity index (χ2n) is 3.21. The number of nitrogens with one attached hydrogen (secondary N) is 1. The number of rotatable bonds is 2. The third-order valence-corrected chi connectivity index (χ3v) is 3.36. The molecule has 4 heteroatoms. The van der Waals surface area contributed by atoms with Crippen LogP contribution in [0.25, 0.3) is 0 Å². The van der Waals surface area contributed by atoms with E-state index in [0.29, 0.717) is 6.04 Å². The summed E-state index contributed by atoms with van der Waals surface area (Å²) >= 11 is 2.02. The second-order valence-corrected chi connectivity index (χ2v) is 4.36. The minimum absolute atomic E-state index is 0.513. The van der Waals surface area contributed by atoms with E-state index in [1.165, 1.54) is 17.1 Å². The Morgan fingerprint density at radius 2 is 2.69 bits per heavy atom. The molecule has 0 aromatic carbocycles. The van der Waals surface area contributed by atoms with Gasteiger partial charge in [-0.3, -0.25) is 4.68 Å². The highest BCUT2D eigenvalue weighted by Gasteiger charge is 2.15. The number of hydrogen-bond donors (Lipinski definition) is 1. The zero-order valence-corrected chi connectivity index (χ0v) is 8.68. The van der Waals surface area contributed by atoms with Gasteiger partial charge in [-0.2, -0.15) is 16.9 Å². The molecule has 1 N–H and O–H groups in total. The van der Waals surface area contributed by atoms with Crippen molar-refractivity contribution in [3.8, 4) is 0 Å². The summed E-state index contributed by atoms with van der Waals surface area (Å²) in [4.78, 5) is 0. The lowest BCUT2D eigenvalue weighted by Gasteiger charge is -2.21. The number of hydrogen-bond acceptors (Lipinski definition) is 3. The van der Waals surface area contributed by atoms with Crippen LogP contribution in [-0.2, 0) is 6.54 Å². The number of aromatic nitrogens is 2. The van der Waals surface area contributed by atoms with Crippen LogP contribution in [0.3, 0.4) is 0 Å². The van der Waals surface area contributed by atoms with Crippen molar-refractivity contribution in [2.24, 2.45) is 0 Å². The Hall–Kier alpha value is -0.480. The first-order valence-corrected chi connectivity index (χ1v) is 5.89. The zero-order valence-electron chi connectivity index (χ0n) is 7.86. The smallest absolute Gasteiger partial charge is 0.0537 e. The third kappa shape index (κ3) is 2.06. The Bertz CT molecular complexity index is 266. The highest BCUT2D eigenvalue weighted by atomic mass is 32.2. The average Bonchev–Trinajstić information content (AvgIpc) is 2.67. The number of nitrogens with zero attached hydrogens (tertiary/aromatic N) is 2. The molecular weight excluding hydrogens is 182 g/mol. The van der Waals surface area contributed by atoms with E-state index in [0.717, 1.165) is 13.1 Å². The molecule has 2 rings (SSSR count). The lowest BCUT2D eigenvalue weighted by molar-refractivity contribution is 0.592. The normalized spacial score (nSPS) is 23.3. The first-order chi connectivity index (χ1) is 6.40. The van der Waals surface area contributed by atoms with E-state index in [1.54, 1.807) is 0 Å². The highest BCUT2D eigenvalue weighted by Crippen LogP contribution is 2.20. The summed E-state index contributed by atoms with van der Waals surface area (Å²) in [6.45, 7) is 4.19. The fraction of sp³-hybridized carbons (Fsp3) is 0.667. The first kappa shape index (κ1) is 9.09. The van der Waals surface area contributed by atoms with Crippen LogP contribution in [0, 0.1) is 0 Å². The summed E-state index contributed by atoms with van der Waals surface area (Å²) in [6, 6.07) is 0.513. The Balaban J connectivity index is 2.05. The summed E-state index contributed by atoms with van der Waals surface area (Å²) in [5.74, 6) is 2.41. The maximum Gasteiger partial charge on any atom is 0.0537 e. The molecule has 2 heterocycles. The Morgan fingerprint density at radius 3 is 3.31 bits per heavy atom. The molecule has 1 unspecified atom stereocenters. The number of aryl methyl sites for hydroxylation is 1. The molecule has 1 saturated heterocycles. The van der Waals surface area contributed by atoms with E-state index in [4.69, 9.17) is 0 Å². The molecule has 0 aliphatic carbocycles. The van der Waals surface area contributed by atoms with Gasteiger partial charge in [0.2, 0.25) is 0 Å². The van der Waals surface area contributed by atoms with Gasteiger partial charge in [0, 0.05) is 42.4 Å². The molecule has 0 bridgehead atoms. The van der Waals surface area contributed by atoms with E-state index < -0.39 is 0 Å². The lowest BCUT2D eigenvalue weighted by atomic mass is 10.2. The largest absolute Gasteiger partial charge is 0.308 e. The van der Waals surface area contributed by atoms with Crippen LogP contribution >= 0.6 is 11.8 Å². The minimum Gasteiger partial charge on any atom is -0.308 e. The van der Waals surface area contributed by atoms with Crippen molar-refractivity contribution in [3.05, 3.63) is 18.0 Å². The van der Waals surface area contributed by atoms with Crippen LogP contribution in [-0.4, -0.2) is 27.8 Å². The van der Waals surface area contributed by atoms with E-state index in [-0.39, 0.29) is 0 Å². The summed E-state index contributed by atoms with van der Waals surface area (Å²) in [6.07, 6.45) is 4.12.